The van der Waals surface area contributed by atoms with Crippen LogP contribution in [0.1, 0.15) is 16.8 Å². The zero-order valence-corrected chi connectivity index (χ0v) is 12.9. The Morgan fingerprint density at radius 3 is 2.76 bits per heavy atom. The molecule has 0 aliphatic heterocycles. The molecule has 0 amide bonds. The van der Waals surface area contributed by atoms with Gasteiger partial charge in [0.2, 0.25) is 0 Å². The molecule has 0 fully saturated rings. The normalized spacial score (nSPS) is 11.0. The number of thiocarbonyl (C=S) groups is 1. The smallest absolute Gasteiger partial charge is 0.137 e. The second kappa shape index (κ2) is 5.30. The van der Waals surface area contributed by atoms with Gasteiger partial charge in [-0.05, 0) is 31.5 Å². The van der Waals surface area contributed by atoms with Crippen molar-refractivity contribution in [3.63, 3.8) is 0 Å². The third kappa shape index (κ3) is 2.54. The zero-order valence-electron chi connectivity index (χ0n) is 12.1. The summed E-state index contributed by atoms with van der Waals surface area (Å²) in [5.74, 6) is 0. The summed E-state index contributed by atoms with van der Waals surface area (Å²) in [6.45, 7) is 4.20. The lowest BCUT2D eigenvalue weighted by molar-refractivity contribution is 1.07. The van der Waals surface area contributed by atoms with Gasteiger partial charge in [-0.25, -0.2) is 4.98 Å². The molecule has 0 aliphatic rings. The number of nitrogens with two attached hydrogens (primary N) is 1. The third-order valence-corrected chi connectivity index (χ3v) is 3.75. The molecule has 0 bridgehead atoms. The Morgan fingerprint density at radius 2 is 2.05 bits per heavy atom. The first-order valence-corrected chi connectivity index (χ1v) is 7.29. The maximum absolute atomic E-state index is 5.77. The number of hydrogen-bond donors (Lipinski definition) is 1. The van der Waals surface area contributed by atoms with Crippen LogP contribution in [-0.2, 0) is 6.42 Å². The van der Waals surface area contributed by atoms with Crippen molar-refractivity contribution in [2.45, 2.75) is 20.3 Å². The average molecular weight is 295 g/mol. The lowest BCUT2D eigenvalue weighted by Crippen LogP contribution is -2.13. The lowest BCUT2D eigenvalue weighted by Gasteiger charge is -2.08. The van der Waals surface area contributed by atoms with E-state index < -0.39 is 0 Å². The number of hydrogen-bond acceptors (Lipinski definition) is 2. The van der Waals surface area contributed by atoms with Crippen LogP contribution < -0.4 is 5.73 Å². The van der Waals surface area contributed by atoms with Gasteiger partial charge in [0, 0.05) is 18.2 Å². The van der Waals surface area contributed by atoms with Crippen LogP contribution in [0.25, 0.3) is 16.9 Å². The van der Waals surface area contributed by atoms with Crippen LogP contribution in [0.4, 0.5) is 0 Å². The van der Waals surface area contributed by atoms with Gasteiger partial charge in [-0.15, -0.1) is 0 Å². The fourth-order valence-electron chi connectivity index (χ4n) is 2.68. The van der Waals surface area contributed by atoms with Crippen molar-refractivity contribution in [1.82, 2.24) is 9.38 Å². The second-order valence-corrected chi connectivity index (χ2v) is 5.82. The summed E-state index contributed by atoms with van der Waals surface area (Å²) >= 11 is 5.11. The summed E-state index contributed by atoms with van der Waals surface area (Å²) in [4.78, 5) is 5.25. The maximum atomic E-state index is 5.77. The molecule has 0 unspecified atom stereocenters. The lowest BCUT2D eigenvalue weighted by atomic mass is 10.0. The van der Waals surface area contributed by atoms with E-state index in [0.29, 0.717) is 11.4 Å². The van der Waals surface area contributed by atoms with E-state index in [2.05, 4.69) is 36.4 Å². The standard InChI is InChI=1S/C17H17N3S/c1-11-6-7-13(12(2)9-11)17-14(10-15(18)21)20-8-4-3-5-16(20)19-17/h3-9H,10H2,1-2H3,(H2,18,21). The van der Waals surface area contributed by atoms with Crippen molar-refractivity contribution in [2.24, 2.45) is 5.73 Å². The molecule has 2 aromatic heterocycles. The first-order chi connectivity index (χ1) is 10.1. The van der Waals surface area contributed by atoms with Gasteiger partial charge in [0.25, 0.3) is 0 Å². The number of fused-ring (bicyclic) bond motifs is 1. The Labute approximate surface area is 129 Å². The molecule has 0 radical (unpaired) electrons. The average Bonchev–Trinajstić information content (AvgIpc) is 2.77. The van der Waals surface area contributed by atoms with Crippen molar-refractivity contribution in [3.8, 4) is 11.3 Å². The molecule has 106 valence electrons. The van der Waals surface area contributed by atoms with Crippen LogP contribution in [0.5, 0.6) is 0 Å². The van der Waals surface area contributed by atoms with Gasteiger partial charge >= 0.3 is 0 Å². The Hall–Kier alpha value is -2.20. The van der Waals surface area contributed by atoms with Crippen LogP contribution in [0.3, 0.4) is 0 Å². The Morgan fingerprint density at radius 1 is 1.24 bits per heavy atom. The minimum absolute atomic E-state index is 0.478. The molecule has 0 saturated carbocycles. The number of aryl methyl sites for hydroxylation is 2. The summed E-state index contributed by atoms with van der Waals surface area (Å²) in [6.07, 6.45) is 2.55. The monoisotopic (exact) mass is 295 g/mol. The SMILES string of the molecule is Cc1ccc(-c2nc3ccccn3c2CC(N)=S)c(C)c1. The summed E-state index contributed by atoms with van der Waals surface area (Å²) < 4.78 is 2.06. The molecule has 0 aliphatic carbocycles. The molecule has 0 spiro atoms. The van der Waals surface area contributed by atoms with Crippen molar-refractivity contribution >= 4 is 22.9 Å². The van der Waals surface area contributed by atoms with Gasteiger partial charge < -0.3 is 10.1 Å². The summed E-state index contributed by atoms with van der Waals surface area (Å²) in [5.41, 5.74) is 12.3. The van der Waals surface area contributed by atoms with Crippen molar-refractivity contribution in [3.05, 3.63) is 59.4 Å². The fourth-order valence-corrected chi connectivity index (χ4v) is 2.81. The quantitative estimate of drug-likeness (QED) is 0.753. The van der Waals surface area contributed by atoms with Gasteiger partial charge in [0.1, 0.15) is 5.65 Å². The molecule has 3 rings (SSSR count). The van der Waals surface area contributed by atoms with Crippen LogP contribution in [0.15, 0.2) is 42.6 Å². The maximum Gasteiger partial charge on any atom is 0.137 e. The van der Waals surface area contributed by atoms with Gasteiger partial charge in [-0.1, -0.05) is 42.0 Å². The molecule has 3 nitrogen and oxygen atoms in total. The molecule has 0 atom stereocenters. The molecule has 0 saturated heterocycles. The van der Waals surface area contributed by atoms with E-state index >= 15 is 0 Å². The first-order valence-electron chi connectivity index (χ1n) is 6.88. The first kappa shape index (κ1) is 13.8. The van der Waals surface area contributed by atoms with Gasteiger partial charge in [-0.2, -0.15) is 0 Å². The van der Waals surface area contributed by atoms with Crippen LogP contribution in [0, 0.1) is 13.8 Å². The van der Waals surface area contributed by atoms with E-state index in [0.717, 1.165) is 22.6 Å². The minimum atomic E-state index is 0.478. The molecule has 21 heavy (non-hydrogen) atoms. The summed E-state index contributed by atoms with van der Waals surface area (Å²) in [6, 6.07) is 12.4. The Bertz CT molecular complexity index is 833. The molecule has 2 heterocycles. The molecule has 3 aromatic rings. The Balaban J connectivity index is 2.28. The predicted molar refractivity (Wildman–Crippen MR) is 90.6 cm³/mol. The predicted octanol–water partition coefficient (Wildman–Crippen LogP) is 3.45. The van der Waals surface area contributed by atoms with Crippen LogP contribution in [-0.4, -0.2) is 14.4 Å². The van der Waals surface area contributed by atoms with Gasteiger partial charge in [-0.3, -0.25) is 0 Å². The number of benzene rings is 1. The minimum Gasteiger partial charge on any atom is -0.393 e. The molecular formula is C17H17N3S. The zero-order chi connectivity index (χ0) is 15.0. The molecule has 2 N–H and O–H groups in total. The van der Waals surface area contributed by atoms with Crippen molar-refractivity contribution in [1.29, 1.82) is 0 Å². The van der Waals surface area contributed by atoms with E-state index in [9.17, 15) is 0 Å². The highest BCUT2D eigenvalue weighted by Crippen LogP contribution is 2.28. The van der Waals surface area contributed by atoms with Crippen LogP contribution in [0.2, 0.25) is 0 Å². The van der Waals surface area contributed by atoms with Crippen molar-refractivity contribution in [2.75, 3.05) is 0 Å². The number of pyridine rings is 1. The van der Waals surface area contributed by atoms with Crippen LogP contribution >= 0.6 is 12.2 Å². The third-order valence-electron chi connectivity index (χ3n) is 3.61. The number of imidazole rings is 1. The van der Waals surface area contributed by atoms with E-state index in [-0.39, 0.29) is 0 Å². The van der Waals surface area contributed by atoms with E-state index in [1.165, 1.54) is 11.1 Å². The number of nitrogens with zero attached hydrogens (tertiary/aromatic N) is 2. The number of aromatic nitrogens is 2. The topological polar surface area (TPSA) is 43.3 Å². The van der Waals surface area contributed by atoms with Crippen molar-refractivity contribution < 1.29 is 0 Å². The highest BCUT2D eigenvalue weighted by Gasteiger charge is 2.16. The number of rotatable bonds is 3. The second-order valence-electron chi connectivity index (χ2n) is 5.30. The van der Waals surface area contributed by atoms with E-state index in [4.69, 9.17) is 22.9 Å². The fraction of sp³-hybridized carbons (Fsp3) is 0.176. The summed E-state index contributed by atoms with van der Waals surface area (Å²) in [5, 5.41) is 0. The molecule has 4 heteroatoms. The van der Waals surface area contributed by atoms with E-state index in [1.807, 2.05) is 24.4 Å². The van der Waals surface area contributed by atoms with E-state index in [1.54, 1.807) is 0 Å². The van der Waals surface area contributed by atoms with Gasteiger partial charge in [0.15, 0.2) is 0 Å². The highest BCUT2D eigenvalue weighted by molar-refractivity contribution is 7.80. The largest absolute Gasteiger partial charge is 0.393 e. The Kier molecular flexibility index (Phi) is 3.47. The highest BCUT2D eigenvalue weighted by atomic mass is 32.1. The molecule has 1 aromatic carbocycles. The molecular weight excluding hydrogens is 278 g/mol. The summed E-state index contributed by atoms with van der Waals surface area (Å²) in [7, 11) is 0. The van der Waals surface area contributed by atoms with Gasteiger partial charge in [0.05, 0.1) is 16.4 Å².